The lowest BCUT2D eigenvalue weighted by molar-refractivity contribution is -0.142. The Kier molecular flexibility index (Phi) is 6.67. The van der Waals surface area contributed by atoms with Crippen molar-refractivity contribution in [2.75, 3.05) is 0 Å². The summed E-state index contributed by atoms with van der Waals surface area (Å²) in [5.74, 6) is -1.56. The molecule has 3 rings (SSSR count). The van der Waals surface area contributed by atoms with Crippen LogP contribution in [0.25, 0.3) is 10.8 Å². The lowest BCUT2D eigenvalue weighted by Crippen LogP contribution is -2.49. The van der Waals surface area contributed by atoms with Gasteiger partial charge in [-0.3, -0.25) is 4.79 Å². The van der Waals surface area contributed by atoms with E-state index in [0.29, 0.717) is 10.9 Å². The van der Waals surface area contributed by atoms with Crippen molar-refractivity contribution in [3.8, 4) is 5.75 Å². The molecule has 1 amide bonds. The van der Waals surface area contributed by atoms with Crippen LogP contribution in [0.1, 0.15) is 42.3 Å². The van der Waals surface area contributed by atoms with Crippen LogP contribution in [0, 0.1) is 5.41 Å². The summed E-state index contributed by atoms with van der Waals surface area (Å²) in [6.45, 7) is 5.03. The zero-order chi connectivity index (χ0) is 24.4. The van der Waals surface area contributed by atoms with Gasteiger partial charge in [-0.25, -0.2) is 4.79 Å². The number of halogens is 3. The molecule has 2 N–H and O–H groups in total. The number of aliphatic carboxylic acids is 1. The second kappa shape index (κ2) is 9.13. The van der Waals surface area contributed by atoms with Crippen molar-refractivity contribution in [3.05, 3.63) is 77.4 Å². The van der Waals surface area contributed by atoms with Gasteiger partial charge in [-0.2, -0.15) is 13.2 Å². The molecule has 5 nitrogen and oxygen atoms in total. The quantitative estimate of drug-likeness (QED) is 0.498. The number of carboxylic acids is 1. The van der Waals surface area contributed by atoms with Gasteiger partial charge in [0.05, 0.1) is 11.1 Å². The van der Waals surface area contributed by atoms with Crippen LogP contribution in [0.3, 0.4) is 0 Å². The average molecular weight is 459 g/mol. The predicted molar refractivity (Wildman–Crippen MR) is 118 cm³/mol. The molecule has 174 valence electrons. The van der Waals surface area contributed by atoms with E-state index in [1.165, 1.54) is 12.1 Å². The summed E-state index contributed by atoms with van der Waals surface area (Å²) >= 11 is 0. The van der Waals surface area contributed by atoms with Crippen molar-refractivity contribution in [2.45, 2.75) is 39.6 Å². The van der Waals surface area contributed by atoms with Gasteiger partial charge in [0, 0.05) is 5.39 Å². The molecule has 0 aliphatic rings. The first-order valence-electron chi connectivity index (χ1n) is 10.2. The summed E-state index contributed by atoms with van der Waals surface area (Å²) in [5.41, 5.74) is -0.880. The van der Waals surface area contributed by atoms with Crippen molar-refractivity contribution in [3.63, 3.8) is 0 Å². The lowest BCUT2D eigenvalue weighted by atomic mass is 9.86. The first-order valence-corrected chi connectivity index (χ1v) is 10.2. The van der Waals surface area contributed by atoms with E-state index in [1.807, 2.05) is 12.1 Å². The summed E-state index contributed by atoms with van der Waals surface area (Å²) in [5, 5.41) is 13.5. The van der Waals surface area contributed by atoms with Gasteiger partial charge < -0.3 is 15.2 Å². The first-order chi connectivity index (χ1) is 15.4. The highest BCUT2D eigenvalue weighted by atomic mass is 19.4. The van der Waals surface area contributed by atoms with Crippen molar-refractivity contribution < 1.29 is 32.6 Å². The number of hydrogen-bond acceptors (Lipinski definition) is 3. The standard InChI is InChI=1S/C25H24F3NO4/c1-24(2,3)21(23(31)32)29-22(30)19-13-10-16-6-4-5-7-18(16)20(19)33-14-15-8-11-17(12-9-15)25(26,27)28/h4-13,21H,14H2,1-3H3,(H,29,30)(H,31,32). The third-order valence-corrected chi connectivity index (χ3v) is 5.18. The van der Waals surface area contributed by atoms with E-state index in [-0.39, 0.29) is 17.9 Å². The fourth-order valence-electron chi connectivity index (χ4n) is 3.38. The third-order valence-electron chi connectivity index (χ3n) is 5.18. The largest absolute Gasteiger partial charge is 0.487 e. The molecule has 0 saturated heterocycles. The molecule has 0 spiro atoms. The molecule has 1 unspecified atom stereocenters. The molecule has 0 aliphatic carbocycles. The molecular formula is C25H24F3NO4. The highest BCUT2D eigenvalue weighted by Gasteiger charge is 2.33. The minimum absolute atomic E-state index is 0.0753. The number of carbonyl (C=O) groups excluding carboxylic acids is 1. The molecule has 0 fully saturated rings. The average Bonchev–Trinajstić information content (AvgIpc) is 2.74. The number of alkyl halides is 3. The monoisotopic (exact) mass is 459 g/mol. The van der Waals surface area contributed by atoms with Crippen LogP contribution >= 0.6 is 0 Å². The second-order valence-corrected chi connectivity index (χ2v) is 8.76. The minimum atomic E-state index is -4.44. The smallest absolute Gasteiger partial charge is 0.416 e. The zero-order valence-corrected chi connectivity index (χ0v) is 18.4. The van der Waals surface area contributed by atoms with Crippen LogP contribution in [0.4, 0.5) is 13.2 Å². The van der Waals surface area contributed by atoms with Crippen LogP contribution in [0.15, 0.2) is 60.7 Å². The molecule has 33 heavy (non-hydrogen) atoms. The summed E-state index contributed by atoms with van der Waals surface area (Å²) in [6, 6.07) is 13.9. The van der Waals surface area contributed by atoms with Crippen LogP contribution in [0.5, 0.6) is 5.75 Å². The van der Waals surface area contributed by atoms with Crippen LogP contribution < -0.4 is 10.1 Å². The molecule has 0 aliphatic heterocycles. The van der Waals surface area contributed by atoms with Crippen molar-refractivity contribution in [1.29, 1.82) is 0 Å². The second-order valence-electron chi connectivity index (χ2n) is 8.76. The molecule has 8 heteroatoms. The first kappa shape index (κ1) is 24.1. The van der Waals surface area contributed by atoms with E-state index in [0.717, 1.165) is 17.5 Å². The molecule has 0 heterocycles. The van der Waals surface area contributed by atoms with Gasteiger partial charge in [0.25, 0.3) is 5.91 Å². The molecule has 0 aromatic heterocycles. The van der Waals surface area contributed by atoms with E-state index in [9.17, 15) is 27.9 Å². The van der Waals surface area contributed by atoms with Crippen molar-refractivity contribution >= 4 is 22.6 Å². The third kappa shape index (κ3) is 5.63. The summed E-state index contributed by atoms with van der Waals surface area (Å²) in [4.78, 5) is 24.8. The van der Waals surface area contributed by atoms with Gasteiger partial charge in [0.15, 0.2) is 0 Å². The number of rotatable bonds is 6. The Morgan fingerprint density at radius 3 is 2.18 bits per heavy atom. The fourth-order valence-corrected chi connectivity index (χ4v) is 3.38. The van der Waals surface area contributed by atoms with E-state index >= 15 is 0 Å². The normalized spacial score (nSPS) is 12.9. The zero-order valence-electron chi connectivity index (χ0n) is 18.4. The van der Waals surface area contributed by atoms with E-state index in [1.54, 1.807) is 45.0 Å². The van der Waals surface area contributed by atoms with E-state index in [2.05, 4.69) is 5.32 Å². The SMILES string of the molecule is CC(C)(C)C(NC(=O)c1ccc2ccccc2c1OCc1ccc(C(F)(F)F)cc1)C(=O)O. The molecule has 3 aromatic rings. The van der Waals surface area contributed by atoms with E-state index in [4.69, 9.17) is 4.74 Å². The Morgan fingerprint density at radius 1 is 0.970 bits per heavy atom. The fraction of sp³-hybridized carbons (Fsp3) is 0.280. The van der Waals surface area contributed by atoms with Crippen LogP contribution in [-0.2, 0) is 17.6 Å². The van der Waals surface area contributed by atoms with Gasteiger partial charge in [-0.05, 0) is 34.6 Å². The Balaban J connectivity index is 1.94. The molecule has 0 bridgehead atoms. The molecule has 0 radical (unpaired) electrons. The maximum absolute atomic E-state index is 13.1. The molecule has 1 atom stereocenters. The van der Waals surface area contributed by atoms with Gasteiger partial charge in [0.1, 0.15) is 18.4 Å². The predicted octanol–water partition coefficient (Wildman–Crippen LogP) is 5.67. The van der Waals surface area contributed by atoms with Crippen molar-refractivity contribution in [1.82, 2.24) is 5.32 Å². The van der Waals surface area contributed by atoms with Crippen LogP contribution in [0.2, 0.25) is 0 Å². The van der Waals surface area contributed by atoms with Gasteiger partial charge >= 0.3 is 12.1 Å². The number of carboxylic acid groups (broad SMARTS) is 1. The number of hydrogen-bond donors (Lipinski definition) is 2. The number of fused-ring (bicyclic) bond motifs is 1. The number of carbonyl (C=O) groups is 2. The van der Waals surface area contributed by atoms with Crippen LogP contribution in [-0.4, -0.2) is 23.0 Å². The maximum atomic E-state index is 13.1. The number of ether oxygens (including phenoxy) is 1. The summed E-state index contributed by atoms with van der Waals surface area (Å²) < 4.78 is 44.4. The molecular weight excluding hydrogens is 435 g/mol. The van der Waals surface area contributed by atoms with Gasteiger partial charge in [-0.15, -0.1) is 0 Å². The summed E-state index contributed by atoms with van der Waals surface area (Å²) in [7, 11) is 0. The Bertz CT molecular complexity index is 1160. The summed E-state index contributed by atoms with van der Waals surface area (Å²) in [6.07, 6.45) is -4.44. The Morgan fingerprint density at radius 2 is 1.61 bits per heavy atom. The number of nitrogens with one attached hydrogen (secondary N) is 1. The van der Waals surface area contributed by atoms with Gasteiger partial charge in [-0.1, -0.05) is 63.2 Å². The minimum Gasteiger partial charge on any atom is -0.487 e. The van der Waals surface area contributed by atoms with E-state index < -0.39 is 35.1 Å². The van der Waals surface area contributed by atoms with Crippen molar-refractivity contribution in [2.24, 2.45) is 5.41 Å². The lowest BCUT2D eigenvalue weighted by Gasteiger charge is -2.28. The Labute approximate surface area is 189 Å². The highest BCUT2D eigenvalue weighted by Crippen LogP contribution is 2.32. The topological polar surface area (TPSA) is 75.6 Å². The number of amides is 1. The van der Waals surface area contributed by atoms with Gasteiger partial charge in [0.2, 0.25) is 0 Å². The maximum Gasteiger partial charge on any atom is 0.416 e. The Hall–Kier alpha value is -3.55. The molecule has 3 aromatic carbocycles. The highest BCUT2D eigenvalue weighted by molar-refractivity contribution is 6.05. The number of benzene rings is 3. The molecule has 0 saturated carbocycles.